The number of fused-ring (bicyclic) bond motifs is 1. The van der Waals surface area contributed by atoms with Crippen LogP contribution in [0, 0.1) is 0 Å². The zero-order valence-corrected chi connectivity index (χ0v) is 17.5. The van der Waals surface area contributed by atoms with E-state index in [0.717, 1.165) is 21.6 Å². The van der Waals surface area contributed by atoms with Gasteiger partial charge in [-0.1, -0.05) is 23.7 Å². The summed E-state index contributed by atoms with van der Waals surface area (Å²) in [5.74, 6) is 0.448. The summed E-state index contributed by atoms with van der Waals surface area (Å²) >= 11 is 5.86. The Bertz CT molecular complexity index is 1260. The highest BCUT2D eigenvalue weighted by Gasteiger charge is 2.12. The van der Waals surface area contributed by atoms with Crippen LogP contribution in [0.15, 0.2) is 65.7 Å². The smallest absolute Gasteiger partial charge is 0.293 e. The van der Waals surface area contributed by atoms with Gasteiger partial charge in [0, 0.05) is 17.1 Å². The van der Waals surface area contributed by atoms with E-state index < -0.39 is 5.56 Å². The van der Waals surface area contributed by atoms with Crippen LogP contribution in [-0.4, -0.2) is 31.9 Å². The molecule has 2 aromatic carbocycles. The Kier molecular flexibility index (Phi) is 5.99. The maximum Gasteiger partial charge on any atom is 0.293 e. The maximum absolute atomic E-state index is 12.8. The fourth-order valence-corrected chi connectivity index (χ4v) is 3.20. The standard InChI is InChI=1S/C22H20ClN5O3/c1-2-31-18-9-5-16(6-10-18)19-11-20-22(30)27(25-14-28(20)26-19)13-21(29)24-12-15-3-7-17(23)8-4-15/h3-11,14H,2,12-13H2,1H3,(H,24,29). The topological polar surface area (TPSA) is 90.5 Å². The zero-order valence-electron chi connectivity index (χ0n) is 16.8. The second-order valence-electron chi connectivity index (χ2n) is 6.81. The van der Waals surface area contributed by atoms with Crippen molar-refractivity contribution in [2.24, 2.45) is 0 Å². The van der Waals surface area contributed by atoms with Crippen LogP contribution in [0.3, 0.4) is 0 Å². The monoisotopic (exact) mass is 437 g/mol. The van der Waals surface area contributed by atoms with E-state index in [-0.39, 0.29) is 12.5 Å². The molecule has 0 fully saturated rings. The van der Waals surface area contributed by atoms with Gasteiger partial charge in [0.05, 0.1) is 12.3 Å². The molecule has 0 spiro atoms. The Balaban J connectivity index is 1.49. The van der Waals surface area contributed by atoms with Gasteiger partial charge in [-0.3, -0.25) is 9.59 Å². The average molecular weight is 438 g/mol. The highest BCUT2D eigenvalue weighted by Crippen LogP contribution is 2.21. The van der Waals surface area contributed by atoms with E-state index in [1.807, 2.05) is 43.3 Å². The van der Waals surface area contributed by atoms with Crippen LogP contribution in [0.1, 0.15) is 12.5 Å². The Labute approximate surface area is 183 Å². The molecule has 1 amide bonds. The lowest BCUT2D eigenvalue weighted by Gasteiger charge is -2.07. The Morgan fingerprint density at radius 3 is 2.58 bits per heavy atom. The summed E-state index contributed by atoms with van der Waals surface area (Å²) in [6.07, 6.45) is 1.42. The first kappa shape index (κ1) is 20.6. The third-order valence-electron chi connectivity index (χ3n) is 4.65. The van der Waals surface area contributed by atoms with Gasteiger partial charge in [0.2, 0.25) is 5.91 Å². The molecule has 2 heterocycles. The summed E-state index contributed by atoms with van der Waals surface area (Å²) in [6, 6.07) is 16.3. The van der Waals surface area contributed by atoms with Gasteiger partial charge in [-0.15, -0.1) is 0 Å². The first-order valence-electron chi connectivity index (χ1n) is 9.73. The fraction of sp³-hybridized carbons (Fsp3) is 0.182. The van der Waals surface area contributed by atoms with Crippen LogP contribution >= 0.6 is 11.6 Å². The molecule has 0 unspecified atom stereocenters. The lowest BCUT2D eigenvalue weighted by Crippen LogP contribution is -2.34. The molecule has 0 atom stereocenters. The van der Waals surface area contributed by atoms with Crippen LogP contribution in [0.25, 0.3) is 16.8 Å². The minimum absolute atomic E-state index is 0.188. The van der Waals surface area contributed by atoms with E-state index in [0.29, 0.717) is 29.4 Å². The van der Waals surface area contributed by atoms with Gasteiger partial charge < -0.3 is 10.1 Å². The summed E-state index contributed by atoms with van der Waals surface area (Å²) in [6.45, 7) is 2.66. The number of carbonyl (C=O) groups is 1. The van der Waals surface area contributed by atoms with Crippen molar-refractivity contribution in [2.45, 2.75) is 20.0 Å². The SMILES string of the molecule is CCOc1ccc(-c2cc3c(=O)n(CC(=O)NCc4ccc(Cl)cc4)ncn3n2)cc1. The largest absolute Gasteiger partial charge is 0.494 e. The van der Waals surface area contributed by atoms with Crippen molar-refractivity contribution >= 4 is 23.0 Å². The molecule has 0 bridgehead atoms. The molecule has 1 N–H and O–H groups in total. The number of ether oxygens (including phenoxy) is 1. The second kappa shape index (κ2) is 9.01. The van der Waals surface area contributed by atoms with Crippen molar-refractivity contribution in [3.05, 3.63) is 81.9 Å². The van der Waals surface area contributed by atoms with Gasteiger partial charge >= 0.3 is 0 Å². The molecule has 0 radical (unpaired) electrons. The minimum atomic E-state index is -0.395. The minimum Gasteiger partial charge on any atom is -0.494 e. The third-order valence-corrected chi connectivity index (χ3v) is 4.90. The van der Waals surface area contributed by atoms with Crippen molar-refractivity contribution in [1.29, 1.82) is 0 Å². The van der Waals surface area contributed by atoms with Crippen LogP contribution in [-0.2, 0) is 17.9 Å². The molecule has 0 saturated carbocycles. The summed E-state index contributed by atoms with van der Waals surface area (Å²) in [7, 11) is 0. The van der Waals surface area contributed by atoms with Crippen molar-refractivity contribution < 1.29 is 9.53 Å². The number of carbonyl (C=O) groups excluding carboxylic acids is 1. The molecule has 158 valence electrons. The highest BCUT2D eigenvalue weighted by molar-refractivity contribution is 6.30. The number of halogens is 1. The molecule has 2 aromatic heterocycles. The molecular weight excluding hydrogens is 418 g/mol. The number of nitrogens with zero attached hydrogens (tertiary/aromatic N) is 4. The third kappa shape index (κ3) is 4.75. The fourth-order valence-electron chi connectivity index (χ4n) is 3.08. The molecule has 0 aliphatic heterocycles. The number of hydrogen-bond acceptors (Lipinski definition) is 5. The Morgan fingerprint density at radius 2 is 1.87 bits per heavy atom. The van der Waals surface area contributed by atoms with E-state index in [4.69, 9.17) is 16.3 Å². The number of rotatable bonds is 7. The van der Waals surface area contributed by atoms with Crippen LogP contribution in [0.5, 0.6) is 5.75 Å². The number of amides is 1. The van der Waals surface area contributed by atoms with Gasteiger partial charge in [0.15, 0.2) is 0 Å². The van der Waals surface area contributed by atoms with Crippen molar-refractivity contribution in [3.63, 3.8) is 0 Å². The summed E-state index contributed by atoms with van der Waals surface area (Å²) in [4.78, 5) is 25.1. The van der Waals surface area contributed by atoms with E-state index in [1.165, 1.54) is 10.8 Å². The number of nitrogens with one attached hydrogen (secondary N) is 1. The predicted molar refractivity (Wildman–Crippen MR) is 117 cm³/mol. The molecule has 0 aliphatic rings. The lowest BCUT2D eigenvalue weighted by molar-refractivity contribution is -0.122. The molecule has 31 heavy (non-hydrogen) atoms. The van der Waals surface area contributed by atoms with Gasteiger partial charge in [-0.25, -0.2) is 9.20 Å². The highest BCUT2D eigenvalue weighted by atomic mass is 35.5. The van der Waals surface area contributed by atoms with E-state index in [2.05, 4.69) is 15.5 Å². The quantitative estimate of drug-likeness (QED) is 0.480. The van der Waals surface area contributed by atoms with Crippen LogP contribution < -0.4 is 15.6 Å². The molecule has 0 saturated heterocycles. The summed E-state index contributed by atoms with van der Waals surface area (Å²) < 4.78 is 7.98. The molecule has 0 aliphatic carbocycles. The van der Waals surface area contributed by atoms with E-state index >= 15 is 0 Å². The number of benzene rings is 2. The van der Waals surface area contributed by atoms with E-state index in [1.54, 1.807) is 18.2 Å². The zero-order chi connectivity index (χ0) is 21.8. The maximum atomic E-state index is 12.8. The van der Waals surface area contributed by atoms with Crippen LogP contribution in [0.2, 0.25) is 5.02 Å². The number of hydrogen-bond donors (Lipinski definition) is 1. The molecule has 8 nitrogen and oxygen atoms in total. The lowest BCUT2D eigenvalue weighted by atomic mass is 10.1. The predicted octanol–water partition coefficient (Wildman–Crippen LogP) is 2.93. The molecular formula is C22H20ClN5O3. The average Bonchev–Trinajstić information content (AvgIpc) is 3.21. The summed E-state index contributed by atoms with van der Waals surface area (Å²) in [5.41, 5.74) is 2.33. The van der Waals surface area contributed by atoms with Crippen molar-refractivity contribution in [2.75, 3.05) is 6.61 Å². The summed E-state index contributed by atoms with van der Waals surface area (Å²) in [5, 5.41) is 11.9. The number of aromatic nitrogens is 4. The van der Waals surface area contributed by atoms with Crippen molar-refractivity contribution in [3.8, 4) is 17.0 Å². The Morgan fingerprint density at radius 1 is 1.13 bits per heavy atom. The van der Waals surface area contributed by atoms with Gasteiger partial charge in [0.25, 0.3) is 5.56 Å². The van der Waals surface area contributed by atoms with Crippen LogP contribution in [0.4, 0.5) is 0 Å². The molecule has 4 aromatic rings. The second-order valence-corrected chi connectivity index (χ2v) is 7.25. The van der Waals surface area contributed by atoms with Gasteiger partial charge in [-0.2, -0.15) is 10.2 Å². The van der Waals surface area contributed by atoms with E-state index in [9.17, 15) is 9.59 Å². The molecule has 4 rings (SSSR count). The van der Waals surface area contributed by atoms with Crippen molar-refractivity contribution in [1.82, 2.24) is 24.7 Å². The van der Waals surface area contributed by atoms with Gasteiger partial charge in [0.1, 0.15) is 24.1 Å². The molecule has 9 heteroatoms. The van der Waals surface area contributed by atoms with Gasteiger partial charge in [-0.05, 0) is 55.0 Å². The normalized spacial score (nSPS) is 10.9. The first-order chi connectivity index (χ1) is 15.0. The Hall–Kier alpha value is -3.65. The first-order valence-corrected chi connectivity index (χ1v) is 10.1.